The van der Waals surface area contributed by atoms with Gasteiger partial charge in [0.15, 0.2) is 23.4 Å². The van der Waals surface area contributed by atoms with Gasteiger partial charge in [0.25, 0.3) is 0 Å². The number of nitrogens with zero attached hydrogens (tertiary/aromatic N) is 2. The highest BCUT2D eigenvalue weighted by Crippen LogP contribution is 2.28. The van der Waals surface area contributed by atoms with Crippen molar-refractivity contribution in [2.75, 3.05) is 54.6 Å². The van der Waals surface area contributed by atoms with Gasteiger partial charge in [0.05, 0.1) is 27.3 Å². The highest BCUT2D eigenvalue weighted by molar-refractivity contribution is 5.82. The van der Waals surface area contributed by atoms with Crippen LogP contribution in [0, 0.1) is 0 Å². The monoisotopic (exact) mass is 494 g/mol. The van der Waals surface area contributed by atoms with E-state index in [0.29, 0.717) is 0 Å². The Morgan fingerprint density at radius 3 is 1.35 bits per heavy atom. The van der Waals surface area contributed by atoms with E-state index in [1.54, 1.807) is 0 Å². The molecule has 0 amide bonds. The summed E-state index contributed by atoms with van der Waals surface area (Å²) < 4.78 is 19.7. The summed E-state index contributed by atoms with van der Waals surface area (Å²) in [6.45, 7) is -0.297. The van der Waals surface area contributed by atoms with Crippen LogP contribution >= 0.6 is 0 Å². The molecule has 4 atom stereocenters. The number of ether oxygens (including phenoxy) is 4. The van der Waals surface area contributed by atoms with Gasteiger partial charge >= 0.3 is 23.9 Å². The number of carbonyl (C=O) groups excluding carboxylic acids is 4. The summed E-state index contributed by atoms with van der Waals surface area (Å²) in [5.74, 6) is -4.14. The Balaban J connectivity index is 1.90. The molecule has 2 aliphatic rings. The van der Waals surface area contributed by atoms with E-state index >= 15 is 0 Å². The first kappa shape index (κ1) is 27.8. The standard InChI is InChI=1S/C19H30N2O13/c1-29-16(27)18(31-3)5-7-20(9-18)33-14(25)12(23)11(22)13(24)15(26)34-21-8-6-19(10-21,32-4)17(28)30-2/h11-13,22-24H,5-10H2,1-4H3/t12-,13-,18-,19-/m0/s1. The Morgan fingerprint density at radius 1 is 0.706 bits per heavy atom. The van der Waals surface area contributed by atoms with Gasteiger partial charge in [0, 0.05) is 40.2 Å². The number of hydrogen-bond acceptors (Lipinski definition) is 15. The molecule has 15 nitrogen and oxygen atoms in total. The summed E-state index contributed by atoms with van der Waals surface area (Å²) in [6, 6.07) is 0. The van der Waals surface area contributed by atoms with Crippen molar-refractivity contribution in [3.8, 4) is 0 Å². The molecule has 0 unspecified atom stereocenters. The second-order valence-electron chi connectivity index (χ2n) is 7.81. The molecule has 34 heavy (non-hydrogen) atoms. The van der Waals surface area contributed by atoms with E-state index in [0.717, 1.165) is 10.1 Å². The van der Waals surface area contributed by atoms with E-state index in [-0.39, 0.29) is 39.0 Å². The zero-order valence-corrected chi connectivity index (χ0v) is 19.3. The van der Waals surface area contributed by atoms with Crippen LogP contribution in [0.25, 0.3) is 0 Å². The zero-order valence-electron chi connectivity index (χ0n) is 19.3. The Labute approximate surface area is 194 Å². The lowest BCUT2D eigenvalue weighted by atomic mass is 10.0. The summed E-state index contributed by atoms with van der Waals surface area (Å²) in [5.41, 5.74) is -2.75. The maximum absolute atomic E-state index is 12.2. The SMILES string of the molecule is COC(=O)[C@]1(OC)CCN(OC(=O)[C@@H](O)C(O)[C@H](O)C(=O)ON2CC[C@@](OC)(C(=O)OC)C2)C1. The first-order valence-electron chi connectivity index (χ1n) is 10.2. The smallest absolute Gasteiger partial charge is 0.356 e. The average molecular weight is 494 g/mol. The molecule has 2 aliphatic heterocycles. The number of hydrogen-bond donors (Lipinski definition) is 3. The van der Waals surface area contributed by atoms with Crippen molar-refractivity contribution in [1.82, 2.24) is 10.1 Å². The molecule has 0 aromatic heterocycles. The molecule has 2 fully saturated rings. The van der Waals surface area contributed by atoms with Crippen LogP contribution in [0.3, 0.4) is 0 Å². The number of aliphatic hydroxyl groups excluding tert-OH is 3. The fourth-order valence-corrected chi connectivity index (χ4v) is 3.67. The first-order valence-corrected chi connectivity index (χ1v) is 10.2. The Bertz CT molecular complexity index is 717. The summed E-state index contributed by atoms with van der Waals surface area (Å²) in [4.78, 5) is 58.2. The van der Waals surface area contributed by atoms with E-state index in [2.05, 4.69) is 9.47 Å². The molecular formula is C19H30N2O13. The van der Waals surface area contributed by atoms with Crippen molar-refractivity contribution >= 4 is 23.9 Å². The number of carbonyl (C=O) groups is 4. The summed E-state index contributed by atoms with van der Waals surface area (Å²) in [6.07, 6.45) is -6.70. The summed E-state index contributed by atoms with van der Waals surface area (Å²) >= 11 is 0. The largest absolute Gasteiger partial charge is 0.467 e. The van der Waals surface area contributed by atoms with Gasteiger partial charge in [0.2, 0.25) is 0 Å². The van der Waals surface area contributed by atoms with Crippen LogP contribution in [0.2, 0.25) is 0 Å². The van der Waals surface area contributed by atoms with E-state index < -0.39 is 53.4 Å². The van der Waals surface area contributed by atoms with Gasteiger partial charge in [-0.3, -0.25) is 0 Å². The maximum atomic E-state index is 12.2. The first-order chi connectivity index (χ1) is 16.0. The van der Waals surface area contributed by atoms with Crippen LogP contribution in [0.5, 0.6) is 0 Å². The Hall–Kier alpha value is -2.40. The van der Waals surface area contributed by atoms with Crippen LogP contribution < -0.4 is 0 Å². The van der Waals surface area contributed by atoms with Crippen molar-refractivity contribution < 1.29 is 63.1 Å². The van der Waals surface area contributed by atoms with E-state index in [4.69, 9.17) is 19.1 Å². The molecule has 3 N–H and O–H groups in total. The van der Waals surface area contributed by atoms with Crippen molar-refractivity contribution in [2.45, 2.75) is 42.4 Å². The molecule has 2 rings (SSSR count). The number of hydroxylamine groups is 4. The second kappa shape index (κ2) is 11.4. The molecule has 194 valence electrons. The third-order valence-corrected chi connectivity index (χ3v) is 5.86. The predicted octanol–water partition coefficient (Wildman–Crippen LogP) is -3.49. The molecule has 0 radical (unpaired) electrons. The zero-order chi connectivity index (χ0) is 25.7. The van der Waals surface area contributed by atoms with Crippen molar-refractivity contribution in [3.63, 3.8) is 0 Å². The topological polar surface area (TPSA) is 191 Å². The van der Waals surface area contributed by atoms with Crippen molar-refractivity contribution in [2.24, 2.45) is 0 Å². The van der Waals surface area contributed by atoms with Crippen LogP contribution in [0.1, 0.15) is 12.8 Å². The highest BCUT2D eigenvalue weighted by Gasteiger charge is 2.50. The third-order valence-electron chi connectivity index (χ3n) is 5.86. The minimum Gasteiger partial charge on any atom is -0.467 e. The van der Waals surface area contributed by atoms with Crippen molar-refractivity contribution in [1.29, 1.82) is 0 Å². The van der Waals surface area contributed by atoms with Crippen LogP contribution in [0.15, 0.2) is 0 Å². The van der Waals surface area contributed by atoms with Gasteiger partial charge in [-0.05, 0) is 0 Å². The lowest BCUT2D eigenvalue weighted by Gasteiger charge is -2.26. The van der Waals surface area contributed by atoms with E-state index in [1.165, 1.54) is 28.4 Å². The molecule has 15 heteroatoms. The predicted molar refractivity (Wildman–Crippen MR) is 106 cm³/mol. The van der Waals surface area contributed by atoms with Gasteiger partial charge < -0.3 is 43.9 Å². The molecule has 0 bridgehead atoms. The highest BCUT2D eigenvalue weighted by atomic mass is 16.7. The van der Waals surface area contributed by atoms with Crippen LogP contribution in [-0.4, -0.2) is 133 Å². The molecule has 0 aromatic carbocycles. The number of esters is 2. The lowest BCUT2D eigenvalue weighted by Crippen LogP contribution is -2.50. The molecule has 0 saturated carbocycles. The fraction of sp³-hybridized carbons (Fsp3) is 0.789. The Morgan fingerprint density at radius 2 is 1.06 bits per heavy atom. The van der Waals surface area contributed by atoms with Crippen LogP contribution in [-0.2, 0) is 47.8 Å². The minimum absolute atomic E-state index is 0.0541. The van der Waals surface area contributed by atoms with Gasteiger partial charge in [0.1, 0.15) is 6.10 Å². The van der Waals surface area contributed by atoms with Gasteiger partial charge in [-0.2, -0.15) is 0 Å². The molecule has 0 aliphatic carbocycles. The molecule has 2 heterocycles. The van der Waals surface area contributed by atoms with Crippen LogP contribution in [0.4, 0.5) is 0 Å². The normalized spacial score (nSPS) is 27.3. The van der Waals surface area contributed by atoms with Crippen molar-refractivity contribution in [3.05, 3.63) is 0 Å². The minimum atomic E-state index is -2.33. The second-order valence-corrected chi connectivity index (χ2v) is 7.81. The van der Waals surface area contributed by atoms with Gasteiger partial charge in [-0.15, -0.1) is 10.1 Å². The molecule has 0 spiro atoms. The molecule has 0 aromatic rings. The van der Waals surface area contributed by atoms with E-state index in [1.807, 2.05) is 0 Å². The van der Waals surface area contributed by atoms with E-state index in [9.17, 15) is 34.5 Å². The fourth-order valence-electron chi connectivity index (χ4n) is 3.67. The molecular weight excluding hydrogens is 464 g/mol. The number of rotatable bonds is 10. The summed E-state index contributed by atoms with van der Waals surface area (Å²) in [7, 11) is 4.91. The number of methoxy groups -OCH3 is 4. The summed E-state index contributed by atoms with van der Waals surface area (Å²) in [5, 5.41) is 32.2. The number of aliphatic hydroxyl groups is 3. The maximum Gasteiger partial charge on any atom is 0.356 e. The lowest BCUT2D eigenvalue weighted by molar-refractivity contribution is -0.217. The molecule has 2 saturated heterocycles. The third kappa shape index (κ3) is 5.63. The average Bonchev–Trinajstić information content (AvgIpc) is 3.46. The van der Waals surface area contributed by atoms with Gasteiger partial charge in [-0.1, -0.05) is 0 Å². The van der Waals surface area contributed by atoms with Gasteiger partial charge in [-0.25, -0.2) is 19.2 Å². The quantitative estimate of drug-likeness (QED) is 0.253. The Kier molecular flexibility index (Phi) is 9.29.